The van der Waals surface area contributed by atoms with Gasteiger partial charge in [-0.05, 0) is 48.6 Å². The van der Waals surface area contributed by atoms with Gasteiger partial charge in [-0.25, -0.2) is 0 Å². The standard InChI is InChI=1S/C24H26ClN3O2/c1-16(23(29)26-15-17-5-3-2-4-6-17)18-9-11-28(12-10-18)24(30)22-14-19-13-20(25)7-8-21(19)27-22/h2-8,13-14,16,18,27H,9-12,15H2,1H3,(H,26,29)/t16-/m0/s1. The molecule has 0 unspecified atom stereocenters. The zero-order valence-corrected chi connectivity index (χ0v) is 17.8. The Morgan fingerprint density at radius 1 is 1.13 bits per heavy atom. The molecule has 1 fully saturated rings. The van der Waals surface area contributed by atoms with Gasteiger partial charge in [-0.15, -0.1) is 0 Å². The van der Waals surface area contributed by atoms with Crippen molar-refractivity contribution in [1.29, 1.82) is 0 Å². The fourth-order valence-electron chi connectivity index (χ4n) is 4.15. The first-order valence-corrected chi connectivity index (χ1v) is 10.8. The van der Waals surface area contributed by atoms with Crippen LogP contribution in [0.1, 0.15) is 35.8 Å². The second kappa shape index (κ2) is 8.92. The molecule has 2 amide bonds. The largest absolute Gasteiger partial charge is 0.352 e. The lowest BCUT2D eigenvalue weighted by Crippen LogP contribution is -2.42. The molecule has 2 heterocycles. The first kappa shape index (κ1) is 20.5. The van der Waals surface area contributed by atoms with Crippen molar-refractivity contribution in [3.05, 3.63) is 70.9 Å². The molecule has 30 heavy (non-hydrogen) atoms. The molecular formula is C24H26ClN3O2. The van der Waals surface area contributed by atoms with Crippen LogP contribution in [0.25, 0.3) is 10.9 Å². The number of aromatic amines is 1. The van der Waals surface area contributed by atoms with E-state index in [2.05, 4.69) is 10.3 Å². The van der Waals surface area contributed by atoms with Gasteiger partial charge in [0.05, 0.1) is 0 Å². The van der Waals surface area contributed by atoms with Crippen LogP contribution in [0, 0.1) is 11.8 Å². The highest BCUT2D eigenvalue weighted by molar-refractivity contribution is 6.31. The molecule has 6 heteroatoms. The topological polar surface area (TPSA) is 65.2 Å². The molecule has 0 spiro atoms. The molecule has 2 N–H and O–H groups in total. The summed E-state index contributed by atoms with van der Waals surface area (Å²) in [5, 5.41) is 4.63. The van der Waals surface area contributed by atoms with Gasteiger partial charge in [-0.3, -0.25) is 9.59 Å². The number of aromatic nitrogens is 1. The molecule has 4 rings (SSSR count). The second-order valence-corrected chi connectivity index (χ2v) is 8.47. The first-order chi connectivity index (χ1) is 14.5. The van der Waals surface area contributed by atoms with Gasteiger partial charge in [0.2, 0.25) is 5.91 Å². The van der Waals surface area contributed by atoms with E-state index < -0.39 is 0 Å². The third kappa shape index (κ3) is 4.51. The van der Waals surface area contributed by atoms with E-state index in [1.54, 1.807) is 0 Å². The van der Waals surface area contributed by atoms with E-state index in [4.69, 9.17) is 11.6 Å². The fraction of sp³-hybridized carbons (Fsp3) is 0.333. The zero-order valence-electron chi connectivity index (χ0n) is 17.0. The average Bonchev–Trinajstić information content (AvgIpc) is 3.20. The number of nitrogens with one attached hydrogen (secondary N) is 2. The van der Waals surface area contributed by atoms with E-state index >= 15 is 0 Å². The molecule has 1 saturated heterocycles. The van der Waals surface area contributed by atoms with Gasteiger partial charge in [0.15, 0.2) is 0 Å². The van der Waals surface area contributed by atoms with Gasteiger partial charge in [0.1, 0.15) is 5.69 Å². The normalized spacial score (nSPS) is 15.9. The summed E-state index contributed by atoms with van der Waals surface area (Å²) in [6.45, 7) is 3.86. The minimum atomic E-state index is -0.0683. The number of halogens is 1. The van der Waals surface area contributed by atoms with E-state index in [1.807, 2.05) is 66.4 Å². The Morgan fingerprint density at radius 3 is 2.60 bits per heavy atom. The third-order valence-electron chi connectivity index (χ3n) is 6.07. The predicted molar refractivity (Wildman–Crippen MR) is 119 cm³/mol. The van der Waals surface area contributed by atoms with Crippen LogP contribution in [0.3, 0.4) is 0 Å². The summed E-state index contributed by atoms with van der Waals surface area (Å²) < 4.78 is 0. The molecular weight excluding hydrogens is 398 g/mol. The van der Waals surface area contributed by atoms with E-state index in [9.17, 15) is 9.59 Å². The maximum absolute atomic E-state index is 12.9. The molecule has 1 aromatic heterocycles. The predicted octanol–water partition coefficient (Wildman–Crippen LogP) is 4.63. The highest BCUT2D eigenvalue weighted by Gasteiger charge is 2.30. The average molecular weight is 424 g/mol. The Bertz CT molecular complexity index is 1040. The number of piperidine rings is 1. The summed E-state index contributed by atoms with van der Waals surface area (Å²) in [5.74, 6) is 0.297. The molecule has 1 atom stereocenters. The van der Waals surface area contributed by atoms with Gasteiger partial charge >= 0.3 is 0 Å². The van der Waals surface area contributed by atoms with E-state index in [0.717, 1.165) is 29.3 Å². The van der Waals surface area contributed by atoms with Crippen molar-refractivity contribution in [1.82, 2.24) is 15.2 Å². The molecule has 2 aromatic carbocycles. The van der Waals surface area contributed by atoms with Crippen molar-refractivity contribution >= 4 is 34.3 Å². The van der Waals surface area contributed by atoms with Gasteiger partial charge < -0.3 is 15.2 Å². The summed E-state index contributed by atoms with van der Waals surface area (Å²) in [4.78, 5) is 30.5. The number of carbonyl (C=O) groups excluding carboxylic acids is 2. The lowest BCUT2D eigenvalue weighted by Gasteiger charge is -2.34. The van der Waals surface area contributed by atoms with E-state index in [1.165, 1.54) is 0 Å². The minimum Gasteiger partial charge on any atom is -0.352 e. The Kier molecular flexibility index (Phi) is 6.09. The van der Waals surface area contributed by atoms with Crippen LogP contribution >= 0.6 is 11.6 Å². The van der Waals surface area contributed by atoms with Crippen molar-refractivity contribution in [2.45, 2.75) is 26.3 Å². The number of benzene rings is 2. The zero-order chi connectivity index (χ0) is 21.1. The smallest absolute Gasteiger partial charge is 0.270 e. The number of likely N-dealkylation sites (tertiary alicyclic amines) is 1. The van der Waals surface area contributed by atoms with Crippen LogP contribution in [0.5, 0.6) is 0 Å². The molecule has 0 aliphatic carbocycles. The number of hydrogen-bond acceptors (Lipinski definition) is 2. The highest BCUT2D eigenvalue weighted by atomic mass is 35.5. The Morgan fingerprint density at radius 2 is 1.87 bits per heavy atom. The Balaban J connectivity index is 1.31. The monoisotopic (exact) mass is 423 g/mol. The molecule has 1 aliphatic heterocycles. The third-order valence-corrected chi connectivity index (χ3v) is 6.31. The SMILES string of the molecule is C[C@H](C(=O)NCc1ccccc1)C1CCN(C(=O)c2cc3cc(Cl)ccc3[nH]2)CC1. The van der Waals surface area contributed by atoms with Crippen LogP contribution in [-0.4, -0.2) is 34.8 Å². The van der Waals surface area contributed by atoms with Gasteiger partial charge in [0.25, 0.3) is 5.91 Å². The van der Waals surface area contributed by atoms with Gasteiger partial charge in [-0.2, -0.15) is 0 Å². The second-order valence-electron chi connectivity index (χ2n) is 8.04. The molecule has 1 aliphatic rings. The Labute approximate surface area is 181 Å². The van der Waals surface area contributed by atoms with E-state index in [-0.39, 0.29) is 23.7 Å². The van der Waals surface area contributed by atoms with Crippen molar-refractivity contribution < 1.29 is 9.59 Å². The molecule has 3 aromatic rings. The van der Waals surface area contributed by atoms with Crippen LogP contribution < -0.4 is 5.32 Å². The number of hydrogen-bond donors (Lipinski definition) is 2. The van der Waals surface area contributed by atoms with Crippen LogP contribution in [0.2, 0.25) is 5.02 Å². The lowest BCUT2D eigenvalue weighted by atomic mass is 9.84. The molecule has 156 valence electrons. The summed E-state index contributed by atoms with van der Waals surface area (Å²) >= 11 is 6.04. The van der Waals surface area contributed by atoms with Crippen LogP contribution in [0.4, 0.5) is 0 Å². The summed E-state index contributed by atoms with van der Waals surface area (Å²) in [6.07, 6.45) is 1.66. The van der Waals surface area contributed by atoms with Crippen LogP contribution in [-0.2, 0) is 11.3 Å². The molecule has 0 bridgehead atoms. The number of fused-ring (bicyclic) bond motifs is 1. The maximum Gasteiger partial charge on any atom is 0.270 e. The number of nitrogens with zero attached hydrogens (tertiary/aromatic N) is 1. The van der Waals surface area contributed by atoms with Crippen molar-refractivity contribution in [2.24, 2.45) is 11.8 Å². The van der Waals surface area contributed by atoms with E-state index in [0.29, 0.717) is 30.4 Å². The van der Waals surface area contributed by atoms with Gasteiger partial charge in [-0.1, -0.05) is 48.9 Å². The summed E-state index contributed by atoms with van der Waals surface area (Å²) in [7, 11) is 0. The number of carbonyl (C=O) groups is 2. The Hall–Kier alpha value is -2.79. The quantitative estimate of drug-likeness (QED) is 0.628. The maximum atomic E-state index is 12.9. The van der Waals surface area contributed by atoms with Crippen molar-refractivity contribution in [3.63, 3.8) is 0 Å². The summed E-state index contributed by atoms with van der Waals surface area (Å²) in [5.41, 5.74) is 2.58. The number of rotatable bonds is 5. The summed E-state index contributed by atoms with van der Waals surface area (Å²) in [6, 6.07) is 17.3. The lowest BCUT2D eigenvalue weighted by molar-refractivity contribution is -0.126. The first-order valence-electron chi connectivity index (χ1n) is 10.4. The number of amides is 2. The minimum absolute atomic E-state index is 0.00181. The molecule has 5 nitrogen and oxygen atoms in total. The van der Waals surface area contributed by atoms with Gasteiger partial charge in [0, 0.05) is 41.5 Å². The molecule has 0 saturated carbocycles. The van der Waals surface area contributed by atoms with Crippen LogP contribution in [0.15, 0.2) is 54.6 Å². The van der Waals surface area contributed by atoms with Crippen molar-refractivity contribution in [2.75, 3.05) is 13.1 Å². The van der Waals surface area contributed by atoms with Crippen molar-refractivity contribution in [3.8, 4) is 0 Å². The number of H-pyrrole nitrogens is 1. The molecule has 0 radical (unpaired) electrons. The fourth-order valence-corrected chi connectivity index (χ4v) is 4.33. The highest BCUT2D eigenvalue weighted by Crippen LogP contribution is 2.27.